The highest BCUT2D eigenvalue weighted by Gasteiger charge is 2.88. The summed E-state index contributed by atoms with van der Waals surface area (Å²) < 4.78 is 6.86. The van der Waals surface area contributed by atoms with Crippen molar-refractivity contribution in [1.29, 1.82) is 0 Å². The van der Waals surface area contributed by atoms with Crippen LogP contribution in [0.4, 0.5) is 5.82 Å². The second-order valence-electron chi connectivity index (χ2n) is 6.74. The van der Waals surface area contributed by atoms with Gasteiger partial charge in [-0.1, -0.05) is 0 Å². The van der Waals surface area contributed by atoms with E-state index in [0.717, 1.165) is 0 Å². The number of hydrogen-bond donors (Lipinski definition) is 3. The second kappa shape index (κ2) is 5.35. The Bertz CT molecular complexity index is 735. The van der Waals surface area contributed by atoms with Gasteiger partial charge in [0.1, 0.15) is 11.7 Å². The Balaban J connectivity index is 1.98. The van der Waals surface area contributed by atoms with Gasteiger partial charge in [0.15, 0.2) is 11.5 Å². The molecule has 1 aliphatic heterocycles. The third kappa shape index (κ3) is 1.99. The molecule has 1 saturated heterocycles. The zero-order valence-corrected chi connectivity index (χ0v) is 13.9. The van der Waals surface area contributed by atoms with Gasteiger partial charge in [0.2, 0.25) is 0 Å². The number of hydrogen-bond acceptors (Lipinski definition) is 7. The van der Waals surface area contributed by atoms with Gasteiger partial charge in [0.05, 0.1) is 18.4 Å². The standard InChI is InChI=1S/C15H22N4O5/c1-13-11(21)15(13,24-8-14(13,23)5-7-20)19-6-4-10(17-12(19)22)16-9-18(2)3/h4,6,9,11,20-21,23H,5,7-8H2,1-3H3. The highest BCUT2D eigenvalue weighted by atomic mass is 16.6. The van der Waals surface area contributed by atoms with Crippen LogP contribution in [0.2, 0.25) is 0 Å². The Labute approximate surface area is 138 Å². The molecule has 2 fully saturated rings. The van der Waals surface area contributed by atoms with Crippen LogP contribution in [0.15, 0.2) is 22.1 Å². The average molecular weight is 338 g/mol. The first-order chi connectivity index (χ1) is 11.2. The van der Waals surface area contributed by atoms with Crippen molar-refractivity contribution in [3.8, 4) is 0 Å². The van der Waals surface area contributed by atoms with Gasteiger partial charge in [-0.25, -0.2) is 9.79 Å². The lowest BCUT2D eigenvalue weighted by Crippen LogP contribution is -2.42. The molecule has 2 heterocycles. The number of fused-ring (bicyclic) bond motifs is 1. The second-order valence-corrected chi connectivity index (χ2v) is 6.74. The maximum Gasteiger partial charge on any atom is 0.352 e. The lowest BCUT2D eigenvalue weighted by molar-refractivity contribution is -0.0929. The predicted octanol–water partition coefficient (Wildman–Crippen LogP) is -1.36. The molecule has 2 aliphatic rings. The van der Waals surface area contributed by atoms with Crippen molar-refractivity contribution in [3.05, 3.63) is 22.7 Å². The van der Waals surface area contributed by atoms with E-state index in [1.165, 1.54) is 23.2 Å². The van der Waals surface area contributed by atoms with Crippen molar-refractivity contribution in [3.63, 3.8) is 0 Å². The molecule has 3 rings (SSSR count). The van der Waals surface area contributed by atoms with E-state index in [0.29, 0.717) is 0 Å². The van der Waals surface area contributed by atoms with Gasteiger partial charge in [-0.05, 0) is 13.0 Å². The van der Waals surface area contributed by atoms with Crippen LogP contribution in [-0.2, 0) is 10.5 Å². The number of ether oxygens (including phenoxy) is 1. The first kappa shape index (κ1) is 17.0. The predicted molar refractivity (Wildman–Crippen MR) is 85.0 cm³/mol. The van der Waals surface area contributed by atoms with Crippen molar-refractivity contribution < 1.29 is 20.1 Å². The minimum absolute atomic E-state index is 0.0513. The van der Waals surface area contributed by atoms with Crippen LogP contribution >= 0.6 is 0 Å². The van der Waals surface area contributed by atoms with Crippen LogP contribution in [0.1, 0.15) is 13.3 Å². The molecule has 1 aromatic heterocycles. The molecule has 0 amide bonds. The van der Waals surface area contributed by atoms with Crippen LogP contribution in [0.3, 0.4) is 0 Å². The molecule has 0 bridgehead atoms. The van der Waals surface area contributed by atoms with Crippen LogP contribution in [0.5, 0.6) is 0 Å². The molecule has 4 atom stereocenters. The van der Waals surface area contributed by atoms with E-state index in [4.69, 9.17) is 4.74 Å². The zero-order valence-electron chi connectivity index (χ0n) is 13.9. The van der Waals surface area contributed by atoms with Crippen molar-refractivity contribution >= 4 is 12.2 Å². The van der Waals surface area contributed by atoms with Crippen molar-refractivity contribution in [2.24, 2.45) is 10.4 Å². The van der Waals surface area contributed by atoms with Crippen molar-refractivity contribution in [2.75, 3.05) is 27.3 Å². The molecule has 24 heavy (non-hydrogen) atoms. The van der Waals surface area contributed by atoms with Gasteiger partial charge in [0.25, 0.3) is 0 Å². The Morgan fingerprint density at radius 2 is 2.29 bits per heavy atom. The largest absolute Gasteiger partial charge is 0.396 e. The van der Waals surface area contributed by atoms with E-state index in [1.54, 1.807) is 25.9 Å². The fourth-order valence-corrected chi connectivity index (χ4v) is 3.60. The van der Waals surface area contributed by atoms with Gasteiger partial charge in [0, 0.05) is 33.3 Å². The quantitative estimate of drug-likeness (QED) is 0.448. The normalized spacial score (nSPS) is 37.7. The third-order valence-corrected chi connectivity index (χ3v) is 5.17. The summed E-state index contributed by atoms with van der Waals surface area (Å²) in [4.78, 5) is 22.1. The van der Waals surface area contributed by atoms with Crippen LogP contribution in [-0.4, -0.2) is 75.1 Å². The summed E-state index contributed by atoms with van der Waals surface area (Å²) >= 11 is 0. The summed E-state index contributed by atoms with van der Waals surface area (Å²) in [6, 6.07) is 1.54. The number of aliphatic imine (C=N–C) groups is 1. The number of aliphatic hydroxyl groups is 3. The number of aromatic nitrogens is 2. The summed E-state index contributed by atoms with van der Waals surface area (Å²) in [5, 5.41) is 30.4. The van der Waals surface area contributed by atoms with E-state index in [1.807, 2.05) is 0 Å². The van der Waals surface area contributed by atoms with Crippen LogP contribution < -0.4 is 5.69 Å². The van der Waals surface area contributed by atoms with Crippen molar-refractivity contribution in [1.82, 2.24) is 14.5 Å². The van der Waals surface area contributed by atoms with Gasteiger partial charge in [-0.2, -0.15) is 4.98 Å². The molecular weight excluding hydrogens is 316 g/mol. The summed E-state index contributed by atoms with van der Waals surface area (Å²) in [5.74, 6) is 0.238. The molecule has 132 valence electrons. The van der Waals surface area contributed by atoms with Crippen LogP contribution in [0, 0.1) is 5.41 Å². The van der Waals surface area contributed by atoms with E-state index < -0.39 is 28.5 Å². The molecule has 1 aromatic rings. The SMILES string of the molecule is CN(C)C=Nc1ccn(C23OCC(O)(CCO)C2(C)C3O)c(=O)n1. The zero-order chi connectivity index (χ0) is 17.8. The first-order valence-corrected chi connectivity index (χ1v) is 7.69. The maximum atomic E-state index is 12.4. The first-order valence-electron chi connectivity index (χ1n) is 7.69. The minimum Gasteiger partial charge on any atom is -0.396 e. The van der Waals surface area contributed by atoms with Gasteiger partial charge in [-0.3, -0.25) is 4.57 Å². The number of rotatable bonds is 5. The summed E-state index contributed by atoms with van der Waals surface area (Å²) in [5.41, 5.74) is -4.50. The fourth-order valence-electron chi connectivity index (χ4n) is 3.60. The monoisotopic (exact) mass is 338 g/mol. The van der Waals surface area contributed by atoms with E-state index in [9.17, 15) is 20.1 Å². The summed E-state index contributed by atoms with van der Waals surface area (Å²) in [6.45, 7) is 1.32. The smallest absolute Gasteiger partial charge is 0.352 e. The molecule has 9 heteroatoms. The molecule has 1 saturated carbocycles. The Kier molecular flexibility index (Phi) is 3.79. The van der Waals surface area contributed by atoms with Gasteiger partial charge in [-0.15, -0.1) is 0 Å². The molecule has 9 nitrogen and oxygen atoms in total. The number of aliphatic hydroxyl groups excluding tert-OH is 2. The molecular formula is C15H22N4O5. The van der Waals surface area contributed by atoms with E-state index in [2.05, 4.69) is 9.98 Å². The highest BCUT2D eigenvalue weighted by Crippen LogP contribution is 2.72. The number of nitrogens with zero attached hydrogens (tertiary/aromatic N) is 4. The summed E-state index contributed by atoms with van der Waals surface area (Å²) in [6.07, 6.45) is 1.95. The molecule has 1 aliphatic carbocycles. The Morgan fingerprint density at radius 3 is 2.83 bits per heavy atom. The highest BCUT2D eigenvalue weighted by molar-refractivity contribution is 5.58. The Morgan fingerprint density at radius 1 is 1.58 bits per heavy atom. The lowest BCUT2D eigenvalue weighted by atomic mass is 9.83. The molecule has 3 N–H and O–H groups in total. The lowest BCUT2D eigenvalue weighted by Gasteiger charge is -2.28. The van der Waals surface area contributed by atoms with Crippen molar-refractivity contribution in [2.45, 2.75) is 30.8 Å². The molecule has 4 unspecified atom stereocenters. The maximum absolute atomic E-state index is 12.4. The fraction of sp³-hybridized carbons (Fsp3) is 0.667. The topological polar surface area (TPSA) is 120 Å². The van der Waals surface area contributed by atoms with E-state index >= 15 is 0 Å². The Hall–Kier alpha value is -1.81. The third-order valence-electron chi connectivity index (χ3n) is 5.17. The molecule has 0 radical (unpaired) electrons. The van der Waals surface area contributed by atoms with Gasteiger partial charge >= 0.3 is 5.69 Å². The van der Waals surface area contributed by atoms with E-state index in [-0.39, 0.29) is 25.5 Å². The molecule has 0 spiro atoms. The minimum atomic E-state index is -1.41. The molecule has 0 aromatic carbocycles. The average Bonchev–Trinajstić information content (AvgIpc) is 2.90. The van der Waals surface area contributed by atoms with Crippen LogP contribution in [0.25, 0.3) is 0 Å². The summed E-state index contributed by atoms with van der Waals surface area (Å²) in [7, 11) is 3.59. The van der Waals surface area contributed by atoms with Gasteiger partial charge < -0.3 is 25.0 Å².